The van der Waals surface area contributed by atoms with Crippen molar-refractivity contribution >= 4 is 6.16 Å². The standard InChI is InChI=1S/C13H24O3/c1-3-5-7-9-11-12(10-8-6-4-2)16-13(14)15-11/h11-12H,3-10H2,1-2H3. The van der Waals surface area contributed by atoms with E-state index < -0.39 is 6.16 Å². The molecular formula is C13H24O3. The van der Waals surface area contributed by atoms with Crippen LogP contribution in [0.25, 0.3) is 0 Å². The number of rotatable bonds is 8. The number of hydrogen-bond acceptors (Lipinski definition) is 3. The summed E-state index contributed by atoms with van der Waals surface area (Å²) in [6, 6.07) is 0. The largest absolute Gasteiger partial charge is 0.509 e. The fourth-order valence-corrected chi connectivity index (χ4v) is 2.11. The maximum absolute atomic E-state index is 11.1. The average Bonchev–Trinajstić information content (AvgIpc) is 2.60. The maximum Gasteiger partial charge on any atom is 0.509 e. The Hall–Kier alpha value is -0.730. The van der Waals surface area contributed by atoms with Gasteiger partial charge in [0.05, 0.1) is 0 Å². The molecule has 0 amide bonds. The first-order valence-corrected chi connectivity index (χ1v) is 6.65. The Morgan fingerprint density at radius 3 is 1.69 bits per heavy atom. The SMILES string of the molecule is CCCCCC1OC(=O)OC1CCCCC. The van der Waals surface area contributed by atoms with Gasteiger partial charge < -0.3 is 9.47 Å². The Labute approximate surface area is 98.5 Å². The van der Waals surface area contributed by atoms with Gasteiger partial charge in [0.25, 0.3) is 0 Å². The van der Waals surface area contributed by atoms with Gasteiger partial charge in [-0.2, -0.15) is 0 Å². The lowest BCUT2D eigenvalue weighted by molar-refractivity contribution is 0.114. The molecule has 1 heterocycles. The van der Waals surface area contributed by atoms with Gasteiger partial charge in [0.1, 0.15) is 12.2 Å². The van der Waals surface area contributed by atoms with Crippen molar-refractivity contribution in [1.82, 2.24) is 0 Å². The molecule has 2 unspecified atom stereocenters. The fraction of sp³-hybridized carbons (Fsp3) is 0.923. The molecule has 1 aliphatic rings. The molecule has 0 aromatic rings. The highest BCUT2D eigenvalue weighted by atomic mass is 16.8. The summed E-state index contributed by atoms with van der Waals surface area (Å²) in [6.07, 6.45) is 8.52. The van der Waals surface area contributed by atoms with Gasteiger partial charge in [-0.3, -0.25) is 0 Å². The number of unbranched alkanes of at least 4 members (excludes halogenated alkanes) is 4. The van der Waals surface area contributed by atoms with Gasteiger partial charge in [0.2, 0.25) is 0 Å². The Balaban J connectivity index is 2.25. The van der Waals surface area contributed by atoms with Gasteiger partial charge in [-0.25, -0.2) is 4.79 Å². The lowest BCUT2D eigenvalue weighted by Crippen LogP contribution is -2.22. The molecule has 1 saturated heterocycles. The summed E-state index contributed by atoms with van der Waals surface area (Å²) >= 11 is 0. The highest BCUT2D eigenvalue weighted by Crippen LogP contribution is 2.24. The van der Waals surface area contributed by atoms with Crippen molar-refractivity contribution in [2.45, 2.75) is 77.4 Å². The smallest absolute Gasteiger partial charge is 0.427 e. The third kappa shape index (κ3) is 4.42. The second kappa shape index (κ2) is 7.53. The Morgan fingerprint density at radius 1 is 0.875 bits per heavy atom. The molecule has 0 radical (unpaired) electrons. The summed E-state index contributed by atoms with van der Waals surface area (Å²) in [6.45, 7) is 4.35. The van der Waals surface area contributed by atoms with Gasteiger partial charge in [-0.05, 0) is 25.7 Å². The zero-order valence-electron chi connectivity index (χ0n) is 10.5. The average molecular weight is 228 g/mol. The summed E-state index contributed by atoms with van der Waals surface area (Å²) in [5.74, 6) is 0. The van der Waals surface area contributed by atoms with Crippen LogP contribution in [0.1, 0.15) is 65.2 Å². The second-order valence-corrected chi connectivity index (χ2v) is 4.55. The van der Waals surface area contributed by atoms with Crippen LogP contribution >= 0.6 is 0 Å². The third-order valence-electron chi connectivity index (χ3n) is 3.09. The number of carbonyl (C=O) groups excluding carboxylic acids is 1. The molecule has 0 spiro atoms. The minimum absolute atomic E-state index is 0.0101. The van der Waals surface area contributed by atoms with Crippen LogP contribution in [0.5, 0.6) is 0 Å². The molecule has 0 aromatic carbocycles. The molecule has 0 saturated carbocycles. The monoisotopic (exact) mass is 228 g/mol. The lowest BCUT2D eigenvalue weighted by Gasteiger charge is -2.14. The molecule has 94 valence electrons. The molecule has 0 aromatic heterocycles. The predicted octanol–water partition coefficient (Wildman–Crippen LogP) is 4.05. The van der Waals surface area contributed by atoms with Gasteiger partial charge in [0.15, 0.2) is 0 Å². The molecule has 1 fully saturated rings. The number of ether oxygens (including phenoxy) is 2. The summed E-state index contributed by atoms with van der Waals surface area (Å²) in [5.41, 5.74) is 0. The molecule has 1 aliphatic heterocycles. The Morgan fingerprint density at radius 2 is 1.31 bits per heavy atom. The van der Waals surface area contributed by atoms with E-state index in [0.29, 0.717) is 0 Å². The van der Waals surface area contributed by atoms with Crippen LogP contribution in [-0.4, -0.2) is 18.4 Å². The van der Waals surface area contributed by atoms with E-state index in [4.69, 9.17) is 9.47 Å². The van der Waals surface area contributed by atoms with Crippen LogP contribution in [0, 0.1) is 0 Å². The fourth-order valence-electron chi connectivity index (χ4n) is 2.11. The van der Waals surface area contributed by atoms with Crippen LogP contribution in [-0.2, 0) is 9.47 Å². The molecule has 2 atom stereocenters. The van der Waals surface area contributed by atoms with Crippen molar-refractivity contribution in [3.63, 3.8) is 0 Å². The number of cyclic esters (lactones) is 2. The van der Waals surface area contributed by atoms with Gasteiger partial charge in [-0.1, -0.05) is 39.5 Å². The predicted molar refractivity (Wildman–Crippen MR) is 63.4 cm³/mol. The Bertz CT molecular complexity index is 183. The molecule has 0 N–H and O–H groups in total. The van der Waals surface area contributed by atoms with Crippen LogP contribution in [0.4, 0.5) is 4.79 Å². The van der Waals surface area contributed by atoms with Gasteiger partial charge in [0, 0.05) is 0 Å². The molecule has 3 nitrogen and oxygen atoms in total. The van der Waals surface area contributed by atoms with E-state index in [1.807, 2.05) is 0 Å². The van der Waals surface area contributed by atoms with Gasteiger partial charge in [-0.15, -0.1) is 0 Å². The zero-order chi connectivity index (χ0) is 11.8. The van der Waals surface area contributed by atoms with Crippen LogP contribution < -0.4 is 0 Å². The van der Waals surface area contributed by atoms with Crippen molar-refractivity contribution in [3.05, 3.63) is 0 Å². The van der Waals surface area contributed by atoms with E-state index in [9.17, 15) is 4.79 Å². The highest BCUT2D eigenvalue weighted by Gasteiger charge is 2.35. The molecular weight excluding hydrogens is 204 g/mol. The summed E-state index contributed by atoms with van der Waals surface area (Å²) < 4.78 is 10.4. The van der Waals surface area contributed by atoms with Crippen molar-refractivity contribution < 1.29 is 14.3 Å². The van der Waals surface area contributed by atoms with Crippen molar-refractivity contribution in [2.75, 3.05) is 0 Å². The first-order valence-electron chi connectivity index (χ1n) is 6.65. The van der Waals surface area contributed by atoms with E-state index in [1.54, 1.807) is 0 Å². The highest BCUT2D eigenvalue weighted by molar-refractivity contribution is 5.62. The lowest BCUT2D eigenvalue weighted by atomic mass is 10.0. The molecule has 0 aliphatic carbocycles. The quantitative estimate of drug-likeness (QED) is 0.464. The molecule has 0 bridgehead atoms. The first kappa shape index (κ1) is 13.3. The minimum atomic E-state index is -0.469. The topological polar surface area (TPSA) is 35.5 Å². The van der Waals surface area contributed by atoms with Crippen molar-refractivity contribution in [1.29, 1.82) is 0 Å². The molecule has 16 heavy (non-hydrogen) atoms. The van der Waals surface area contributed by atoms with Gasteiger partial charge >= 0.3 is 6.16 Å². The van der Waals surface area contributed by atoms with Crippen LogP contribution in [0.15, 0.2) is 0 Å². The summed E-state index contributed by atoms with van der Waals surface area (Å²) in [7, 11) is 0. The van der Waals surface area contributed by atoms with Crippen LogP contribution in [0.3, 0.4) is 0 Å². The first-order chi connectivity index (χ1) is 7.77. The Kier molecular flexibility index (Phi) is 6.27. The maximum atomic E-state index is 11.1. The minimum Gasteiger partial charge on any atom is -0.427 e. The number of carbonyl (C=O) groups is 1. The van der Waals surface area contributed by atoms with E-state index in [2.05, 4.69) is 13.8 Å². The number of hydrogen-bond donors (Lipinski definition) is 0. The molecule has 1 rings (SSSR count). The van der Waals surface area contributed by atoms with E-state index in [-0.39, 0.29) is 12.2 Å². The normalized spacial score (nSPS) is 24.2. The van der Waals surface area contributed by atoms with Crippen molar-refractivity contribution in [2.24, 2.45) is 0 Å². The van der Waals surface area contributed by atoms with Crippen LogP contribution in [0.2, 0.25) is 0 Å². The van der Waals surface area contributed by atoms with E-state index in [0.717, 1.165) is 25.7 Å². The third-order valence-corrected chi connectivity index (χ3v) is 3.09. The second-order valence-electron chi connectivity index (χ2n) is 4.55. The molecule has 3 heteroatoms. The summed E-state index contributed by atoms with van der Waals surface area (Å²) in [4.78, 5) is 11.1. The van der Waals surface area contributed by atoms with Crippen molar-refractivity contribution in [3.8, 4) is 0 Å². The zero-order valence-corrected chi connectivity index (χ0v) is 10.5. The van der Waals surface area contributed by atoms with E-state index in [1.165, 1.54) is 25.7 Å². The van der Waals surface area contributed by atoms with E-state index >= 15 is 0 Å². The summed E-state index contributed by atoms with van der Waals surface area (Å²) in [5, 5.41) is 0.